The first kappa shape index (κ1) is 21.8. The molecule has 160 valence electrons. The average Bonchev–Trinajstić information content (AvgIpc) is 2.79. The number of ether oxygens (including phenoxy) is 1. The molecule has 7 heteroatoms. The van der Waals surface area contributed by atoms with E-state index in [0.29, 0.717) is 38.0 Å². The van der Waals surface area contributed by atoms with Crippen LogP contribution in [0.1, 0.15) is 22.3 Å². The Morgan fingerprint density at radius 2 is 1.67 bits per heavy atom. The molecule has 0 bridgehead atoms. The summed E-state index contributed by atoms with van der Waals surface area (Å²) < 4.78 is 18.0. The number of halogens is 1. The Bertz CT molecular complexity index is 832. The lowest BCUT2D eigenvalue weighted by molar-refractivity contribution is -0.132. The van der Waals surface area contributed by atoms with Crippen molar-refractivity contribution in [3.8, 4) is 5.75 Å². The smallest absolute Gasteiger partial charge is 0.251 e. The second-order valence-electron chi connectivity index (χ2n) is 7.33. The number of amides is 2. The number of rotatable bonds is 8. The Balaban J connectivity index is 1.33. The van der Waals surface area contributed by atoms with Gasteiger partial charge in [-0.05, 0) is 48.4 Å². The van der Waals surface area contributed by atoms with Crippen molar-refractivity contribution in [2.45, 2.75) is 12.8 Å². The molecule has 1 aliphatic heterocycles. The SMILES string of the molecule is COc1ccc(C(=O)NCCN2CCN(C(=O)CCc3ccc(F)cc3)CC2)cc1. The fraction of sp³-hybridized carbons (Fsp3) is 0.391. The number of nitrogens with zero attached hydrogens (tertiary/aromatic N) is 2. The predicted molar refractivity (Wildman–Crippen MR) is 113 cm³/mol. The van der Waals surface area contributed by atoms with Crippen LogP contribution in [0, 0.1) is 5.82 Å². The molecule has 0 saturated carbocycles. The molecule has 0 atom stereocenters. The van der Waals surface area contributed by atoms with Crippen LogP contribution in [-0.2, 0) is 11.2 Å². The van der Waals surface area contributed by atoms with Crippen molar-refractivity contribution in [3.63, 3.8) is 0 Å². The van der Waals surface area contributed by atoms with E-state index in [1.165, 1.54) is 12.1 Å². The van der Waals surface area contributed by atoms with Gasteiger partial charge in [0, 0.05) is 51.3 Å². The van der Waals surface area contributed by atoms with E-state index in [2.05, 4.69) is 10.2 Å². The molecule has 0 unspecified atom stereocenters. The highest BCUT2D eigenvalue weighted by atomic mass is 19.1. The van der Waals surface area contributed by atoms with Gasteiger partial charge >= 0.3 is 0 Å². The molecule has 3 rings (SSSR count). The summed E-state index contributed by atoms with van der Waals surface area (Å²) in [6.07, 6.45) is 1.06. The van der Waals surface area contributed by atoms with Crippen molar-refractivity contribution >= 4 is 11.8 Å². The van der Waals surface area contributed by atoms with Gasteiger partial charge in [-0.2, -0.15) is 0 Å². The first-order valence-electron chi connectivity index (χ1n) is 10.2. The summed E-state index contributed by atoms with van der Waals surface area (Å²) in [6, 6.07) is 13.3. The molecule has 0 spiro atoms. The van der Waals surface area contributed by atoms with Crippen LogP contribution in [0.3, 0.4) is 0 Å². The number of hydrogen-bond donors (Lipinski definition) is 1. The minimum atomic E-state index is -0.263. The standard InChI is InChI=1S/C23H28FN3O3/c1-30-21-9-5-19(6-10-21)23(29)25-12-13-26-14-16-27(17-15-26)22(28)11-4-18-2-7-20(24)8-3-18/h2-3,5-10H,4,11-17H2,1H3,(H,25,29). The van der Waals surface area contributed by atoms with Crippen LogP contribution in [0.25, 0.3) is 0 Å². The Morgan fingerprint density at radius 1 is 1.00 bits per heavy atom. The van der Waals surface area contributed by atoms with E-state index in [0.717, 1.165) is 30.9 Å². The summed E-state index contributed by atoms with van der Waals surface area (Å²) in [5.41, 5.74) is 1.57. The lowest BCUT2D eigenvalue weighted by atomic mass is 10.1. The third kappa shape index (κ3) is 6.29. The number of carbonyl (C=O) groups excluding carboxylic acids is 2. The van der Waals surface area contributed by atoms with Crippen molar-refractivity contribution < 1.29 is 18.7 Å². The molecule has 6 nitrogen and oxygen atoms in total. The maximum absolute atomic E-state index is 13.0. The summed E-state index contributed by atoms with van der Waals surface area (Å²) >= 11 is 0. The van der Waals surface area contributed by atoms with Crippen molar-refractivity contribution in [2.75, 3.05) is 46.4 Å². The molecule has 1 saturated heterocycles. The zero-order valence-electron chi connectivity index (χ0n) is 17.3. The second kappa shape index (κ2) is 10.7. The van der Waals surface area contributed by atoms with Gasteiger partial charge in [0.25, 0.3) is 5.91 Å². The normalized spacial score (nSPS) is 14.4. The number of aryl methyl sites for hydroxylation is 1. The molecule has 30 heavy (non-hydrogen) atoms. The fourth-order valence-electron chi connectivity index (χ4n) is 3.45. The van der Waals surface area contributed by atoms with E-state index in [-0.39, 0.29) is 17.6 Å². The predicted octanol–water partition coefficient (Wildman–Crippen LogP) is 2.34. The molecular weight excluding hydrogens is 385 g/mol. The average molecular weight is 413 g/mol. The highest BCUT2D eigenvalue weighted by Gasteiger charge is 2.20. The second-order valence-corrected chi connectivity index (χ2v) is 7.33. The van der Waals surface area contributed by atoms with Crippen LogP contribution < -0.4 is 10.1 Å². The van der Waals surface area contributed by atoms with Gasteiger partial charge in [-0.1, -0.05) is 12.1 Å². The highest BCUT2D eigenvalue weighted by Crippen LogP contribution is 2.11. The number of hydrogen-bond acceptors (Lipinski definition) is 4. The van der Waals surface area contributed by atoms with Gasteiger partial charge in [0.2, 0.25) is 5.91 Å². The van der Waals surface area contributed by atoms with E-state index in [9.17, 15) is 14.0 Å². The molecule has 1 heterocycles. The van der Waals surface area contributed by atoms with Gasteiger partial charge in [0.05, 0.1) is 7.11 Å². The van der Waals surface area contributed by atoms with Crippen molar-refractivity contribution in [2.24, 2.45) is 0 Å². The molecule has 0 aliphatic carbocycles. The third-order valence-corrected chi connectivity index (χ3v) is 5.33. The molecular formula is C23H28FN3O3. The Labute approximate surface area is 176 Å². The molecule has 0 aromatic heterocycles. The highest BCUT2D eigenvalue weighted by molar-refractivity contribution is 5.94. The minimum Gasteiger partial charge on any atom is -0.497 e. The van der Waals surface area contributed by atoms with Gasteiger partial charge < -0.3 is 15.0 Å². The maximum Gasteiger partial charge on any atom is 0.251 e. The third-order valence-electron chi connectivity index (χ3n) is 5.33. The number of carbonyl (C=O) groups is 2. The first-order valence-corrected chi connectivity index (χ1v) is 10.2. The van der Waals surface area contributed by atoms with E-state index < -0.39 is 0 Å². The summed E-state index contributed by atoms with van der Waals surface area (Å²) in [5, 5.41) is 2.93. The van der Waals surface area contributed by atoms with Crippen LogP contribution in [0.5, 0.6) is 5.75 Å². The van der Waals surface area contributed by atoms with Crippen molar-refractivity contribution in [1.29, 1.82) is 0 Å². The van der Waals surface area contributed by atoms with Crippen LogP contribution >= 0.6 is 0 Å². The lowest BCUT2D eigenvalue weighted by Crippen LogP contribution is -2.50. The molecule has 1 fully saturated rings. The minimum absolute atomic E-state index is 0.104. The number of benzene rings is 2. The summed E-state index contributed by atoms with van der Waals surface area (Å²) in [5.74, 6) is 0.483. The quantitative estimate of drug-likeness (QED) is 0.722. The number of piperazine rings is 1. The van der Waals surface area contributed by atoms with Crippen molar-refractivity contribution in [3.05, 3.63) is 65.5 Å². The first-order chi connectivity index (χ1) is 14.5. The molecule has 2 amide bonds. The Kier molecular flexibility index (Phi) is 7.79. The van der Waals surface area contributed by atoms with Gasteiger partial charge in [0.1, 0.15) is 11.6 Å². The van der Waals surface area contributed by atoms with Crippen molar-refractivity contribution in [1.82, 2.24) is 15.1 Å². The van der Waals surface area contributed by atoms with Gasteiger partial charge in [0.15, 0.2) is 0 Å². The molecule has 0 radical (unpaired) electrons. The Hall–Kier alpha value is -2.93. The zero-order chi connectivity index (χ0) is 21.3. The molecule has 2 aromatic rings. The Morgan fingerprint density at radius 3 is 2.30 bits per heavy atom. The summed E-state index contributed by atoms with van der Waals surface area (Å²) in [4.78, 5) is 28.7. The number of nitrogens with one attached hydrogen (secondary N) is 1. The van der Waals surface area contributed by atoms with Crippen LogP contribution in [0.15, 0.2) is 48.5 Å². The van der Waals surface area contributed by atoms with E-state index in [1.54, 1.807) is 43.5 Å². The van der Waals surface area contributed by atoms with Crippen LogP contribution in [0.2, 0.25) is 0 Å². The maximum atomic E-state index is 13.0. The lowest BCUT2D eigenvalue weighted by Gasteiger charge is -2.34. The monoisotopic (exact) mass is 413 g/mol. The molecule has 1 aliphatic rings. The fourth-order valence-corrected chi connectivity index (χ4v) is 3.45. The zero-order valence-corrected chi connectivity index (χ0v) is 17.3. The molecule has 2 aromatic carbocycles. The summed E-state index contributed by atoms with van der Waals surface area (Å²) in [6.45, 7) is 4.27. The largest absolute Gasteiger partial charge is 0.497 e. The number of methoxy groups -OCH3 is 1. The van der Waals surface area contributed by atoms with Crippen LogP contribution in [-0.4, -0.2) is 68.0 Å². The molecule has 1 N–H and O–H groups in total. The van der Waals surface area contributed by atoms with E-state index in [4.69, 9.17) is 4.74 Å². The van der Waals surface area contributed by atoms with Gasteiger partial charge in [-0.15, -0.1) is 0 Å². The van der Waals surface area contributed by atoms with E-state index in [1.807, 2.05) is 4.90 Å². The van der Waals surface area contributed by atoms with Gasteiger partial charge in [-0.25, -0.2) is 4.39 Å². The van der Waals surface area contributed by atoms with E-state index >= 15 is 0 Å². The summed E-state index contributed by atoms with van der Waals surface area (Å²) in [7, 11) is 1.59. The van der Waals surface area contributed by atoms with Gasteiger partial charge in [-0.3, -0.25) is 14.5 Å². The van der Waals surface area contributed by atoms with Crippen LogP contribution in [0.4, 0.5) is 4.39 Å². The topological polar surface area (TPSA) is 61.9 Å².